The highest BCUT2D eigenvalue weighted by Gasteiger charge is 2.28. The van der Waals surface area contributed by atoms with Crippen molar-refractivity contribution in [3.8, 4) is 0 Å². The maximum absolute atomic E-state index is 13.0. The Bertz CT molecular complexity index is 1050. The molecule has 0 aliphatic heterocycles. The number of benzene rings is 2. The van der Waals surface area contributed by atoms with E-state index in [9.17, 15) is 9.59 Å². The van der Waals surface area contributed by atoms with Gasteiger partial charge in [-0.05, 0) is 47.6 Å². The molecule has 0 fully saturated rings. The van der Waals surface area contributed by atoms with Crippen molar-refractivity contribution < 1.29 is 9.59 Å². The summed E-state index contributed by atoms with van der Waals surface area (Å²) in [5.74, 6) is -0.0128. The molecule has 4 nitrogen and oxygen atoms in total. The third-order valence-electron chi connectivity index (χ3n) is 5.57. The summed E-state index contributed by atoms with van der Waals surface area (Å²) in [4.78, 5) is 26.4. The molecule has 28 heavy (non-hydrogen) atoms. The van der Waals surface area contributed by atoms with Crippen molar-refractivity contribution in [2.75, 3.05) is 5.32 Å². The minimum Gasteiger partial charge on any atom is -0.365 e. The Hall–Kier alpha value is -2.66. The van der Waals surface area contributed by atoms with Crippen LogP contribution in [0.3, 0.4) is 0 Å². The van der Waals surface area contributed by atoms with Crippen LogP contribution in [-0.2, 0) is 12.8 Å². The van der Waals surface area contributed by atoms with Crippen molar-refractivity contribution in [2.45, 2.75) is 39.0 Å². The maximum Gasteiger partial charge on any atom is 0.256 e. The van der Waals surface area contributed by atoms with Gasteiger partial charge in [-0.25, -0.2) is 0 Å². The van der Waals surface area contributed by atoms with Gasteiger partial charge in [0.25, 0.3) is 11.8 Å². The molecule has 1 atom stereocenters. The molecule has 5 heteroatoms. The third-order valence-corrected chi connectivity index (χ3v) is 6.74. The number of thiophene rings is 1. The number of rotatable bonds is 5. The zero-order valence-corrected chi connectivity index (χ0v) is 16.8. The van der Waals surface area contributed by atoms with E-state index < -0.39 is 5.91 Å². The van der Waals surface area contributed by atoms with Gasteiger partial charge < -0.3 is 11.1 Å². The van der Waals surface area contributed by atoms with Gasteiger partial charge in [0.05, 0.1) is 5.56 Å². The predicted octanol–water partition coefficient (Wildman–Crippen LogP) is 5.16. The first kappa shape index (κ1) is 18.7. The van der Waals surface area contributed by atoms with Crippen LogP contribution in [0.2, 0.25) is 0 Å². The maximum atomic E-state index is 13.0. The number of hydrogen-bond donors (Lipinski definition) is 2. The van der Waals surface area contributed by atoms with E-state index in [1.807, 2.05) is 42.5 Å². The molecule has 2 aromatic carbocycles. The van der Waals surface area contributed by atoms with E-state index in [0.717, 1.165) is 35.6 Å². The molecule has 0 radical (unpaired) electrons. The molecule has 1 unspecified atom stereocenters. The van der Waals surface area contributed by atoms with E-state index in [1.165, 1.54) is 29.1 Å². The molecule has 0 saturated carbocycles. The molecule has 0 saturated heterocycles. The molecule has 0 bridgehead atoms. The molecule has 144 valence electrons. The fourth-order valence-electron chi connectivity index (χ4n) is 4.25. The van der Waals surface area contributed by atoms with Crippen LogP contribution in [0.25, 0.3) is 10.8 Å². The molecule has 1 aliphatic carbocycles. The third kappa shape index (κ3) is 3.42. The average Bonchev–Trinajstić information content (AvgIpc) is 3.05. The second-order valence-corrected chi connectivity index (χ2v) is 8.56. The lowest BCUT2D eigenvalue weighted by atomic mass is 9.84. The van der Waals surface area contributed by atoms with Crippen LogP contribution in [0.15, 0.2) is 42.5 Å². The highest BCUT2D eigenvalue weighted by Crippen LogP contribution is 2.40. The molecule has 3 N–H and O–H groups in total. The summed E-state index contributed by atoms with van der Waals surface area (Å²) in [6.07, 6.45) is 5.27. The molecule has 1 aliphatic rings. The summed E-state index contributed by atoms with van der Waals surface area (Å²) in [5, 5.41) is 5.48. The number of anilines is 1. The molecule has 3 aromatic rings. The molecule has 4 rings (SSSR count). The van der Waals surface area contributed by atoms with Crippen molar-refractivity contribution >= 4 is 38.9 Å². The molecular weight excluding hydrogens is 368 g/mol. The molecule has 1 heterocycles. The summed E-state index contributed by atoms with van der Waals surface area (Å²) >= 11 is 1.52. The van der Waals surface area contributed by atoms with Gasteiger partial charge in [-0.1, -0.05) is 56.2 Å². The number of hydrogen-bond acceptors (Lipinski definition) is 3. The number of primary amides is 1. The summed E-state index contributed by atoms with van der Waals surface area (Å²) in [6, 6.07) is 13.5. The number of nitrogens with two attached hydrogens (primary N) is 1. The fourth-order valence-corrected chi connectivity index (χ4v) is 5.61. The zero-order valence-electron chi connectivity index (χ0n) is 16.0. The van der Waals surface area contributed by atoms with Crippen LogP contribution >= 0.6 is 11.3 Å². The standard InChI is InChI=1S/C23H24N2O2S/c1-2-6-14-11-12-18-19(13-14)28-23(20(18)21(24)26)25-22(27)17-10-5-8-15-7-3-4-9-16(15)17/h3-5,7-10,14H,2,6,11-13H2,1H3,(H2,24,26)(H,25,27). The summed E-state index contributed by atoms with van der Waals surface area (Å²) in [6.45, 7) is 2.20. The second kappa shape index (κ2) is 7.76. The van der Waals surface area contributed by atoms with Crippen LogP contribution in [-0.4, -0.2) is 11.8 Å². The smallest absolute Gasteiger partial charge is 0.256 e. The Kier molecular flexibility index (Phi) is 5.18. The highest BCUT2D eigenvalue weighted by atomic mass is 32.1. The van der Waals surface area contributed by atoms with E-state index in [-0.39, 0.29) is 5.91 Å². The fraction of sp³-hybridized carbons (Fsp3) is 0.304. The SMILES string of the molecule is CCCC1CCc2c(sc(NC(=O)c3cccc4ccccc34)c2C(N)=O)C1. The first-order valence-electron chi connectivity index (χ1n) is 9.82. The number of fused-ring (bicyclic) bond motifs is 2. The number of nitrogens with one attached hydrogen (secondary N) is 1. The van der Waals surface area contributed by atoms with E-state index >= 15 is 0 Å². The van der Waals surface area contributed by atoms with Gasteiger partial charge in [0.1, 0.15) is 5.00 Å². The van der Waals surface area contributed by atoms with E-state index in [1.54, 1.807) is 0 Å². The van der Waals surface area contributed by atoms with Crippen molar-refractivity contribution in [2.24, 2.45) is 11.7 Å². The van der Waals surface area contributed by atoms with E-state index in [0.29, 0.717) is 22.0 Å². The molecule has 0 spiro atoms. The summed E-state index contributed by atoms with van der Waals surface area (Å²) in [5.41, 5.74) is 7.84. The first-order chi connectivity index (χ1) is 13.6. The van der Waals surface area contributed by atoms with Crippen LogP contribution in [0, 0.1) is 5.92 Å². The number of carbonyl (C=O) groups excluding carboxylic acids is 2. The largest absolute Gasteiger partial charge is 0.365 e. The van der Waals surface area contributed by atoms with Crippen LogP contribution in [0.4, 0.5) is 5.00 Å². The lowest BCUT2D eigenvalue weighted by Gasteiger charge is -2.21. The van der Waals surface area contributed by atoms with Crippen molar-refractivity contribution in [3.63, 3.8) is 0 Å². The minimum atomic E-state index is -0.459. The zero-order chi connectivity index (χ0) is 19.7. The Morgan fingerprint density at radius 3 is 2.75 bits per heavy atom. The number of amides is 2. The normalized spacial score (nSPS) is 16.0. The quantitative estimate of drug-likeness (QED) is 0.630. The molecule has 1 aromatic heterocycles. The van der Waals surface area contributed by atoms with Gasteiger partial charge in [-0.15, -0.1) is 11.3 Å². The summed E-state index contributed by atoms with van der Waals surface area (Å²) < 4.78 is 0. The lowest BCUT2D eigenvalue weighted by molar-refractivity contribution is 0.1000. The monoisotopic (exact) mass is 392 g/mol. The van der Waals surface area contributed by atoms with Gasteiger partial charge in [0.15, 0.2) is 0 Å². The average molecular weight is 393 g/mol. The van der Waals surface area contributed by atoms with E-state index in [2.05, 4.69) is 12.2 Å². The second-order valence-electron chi connectivity index (χ2n) is 7.45. The van der Waals surface area contributed by atoms with Gasteiger partial charge >= 0.3 is 0 Å². The Balaban J connectivity index is 1.68. The lowest BCUT2D eigenvalue weighted by Crippen LogP contribution is -2.20. The predicted molar refractivity (Wildman–Crippen MR) is 115 cm³/mol. The first-order valence-corrected chi connectivity index (χ1v) is 10.6. The summed E-state index contributed by atoms with van der Waals surface area (Å²) in [7, 11) is 0. The van der Waals surface area contributed by atoms with Gasteiger partial charge in [-0.3, -0.25) is 9.59 Å². The minimum absolute atomic E-state index is 0.206. The topological polar surface area (TPSA) is 72.2 Å². The Morgan fingerprint density at radius 1 is 1.18 bits per heavy atom. The highest BCUT2D eigenvalue weighted by molar-refractivity contribution is 7.17. The van der Waals surface area contributed by atoms with Gasteiger partial charge in [-0.2, -0.15) is 0 Å². The van der Waals surface area contributed by atoms with E-state index in [4.69, 9.17) is 5.73 Å². The van der Waals surface area contributed by atoms with Crippen molar-refractivity contribution in [3.05, 3.63) is 64.0 Å². The van der Waals surface area contributed by atoms with Crippen molar-refractivity contribution in [1.82, 2.24) is 0 Å². The van der Waals surface area contributed by atoms with Gasteiger partial charge in [0, 0.05) is 10.4 Å². The molecular formula is C23H24N2O2S. The number of carbonyl (C=O) groups is 2. The van der Waals surface area contributed by atoms with Gasteiger partial charge in [0.2, 0.25) is 0 Å². The Labute approximate surface area is 168 Å². The van der Waals surface area contributed by atoms with Crippen LogP contribution in [0.5, 0.6) is 0 Å². The van der Waals surface area contributed by atoms with Crippen LogP contribution in [0.1, 0.15) is 57.3 Å². The van der Waals surface area contributed by atoms with Crippen LogP contribution < -0.4 is 11.1 Å². The molecule has 2 amide bonds. The Morgan fingerprint density at radius 2 is 1.96 bits per heavy atom. The van der Waals surface area contributed by atoms with Crippen molar-refractivity contribution in [1.29, 1.82) is 0 Å².